The van der Waals surface area contributed by atoms with Crippen LogP contribution in [0, 0.1) is 5.92 Å². The van der Waals surface area contributed by atoms with Crippen molar-refractivity contribution in [1.29, 1.82) is 0 Å². The molecule has 19 heavy (non-hydrogen) atoms. The molecule has 1 saturated carbocycles. The number of rotatable bonds is 6. The minimum atomic E-state index is 0.486. The van der Waals surface area contributed by atoms with E-state index in [4.69, 9.17) is 0 Å². The molecular weight excluding hydrogens is 232 g/mol. The minimum Gasteiger partial charge on any atom is -0.310 e. The van der Waals surface area contributed by atoms with Crippen LogP contribution in [0.25, 0.3) is 10.9 Å². The van der Waals surface area contributed by atoms with Gasteiger partial charge in [0.2, 0.25) is 0 Å². The monoisotopic (exact) mass is 254 g/mol. The van der Waals surface area contributed by atoms with Crippen molar-refractivity contribution in [3.8, 4) is 0 Å². The molecule has 0 aliphatic heterocycles. The normalized spacial score (nSPS) is 16.7. The summed E-state index contributed by atoms with van der Waals surface area (Å²) in [5.74, 6) is 0.932. The van der Waals surface area contributed by atoms with Crippen molar-refractivity contribution < 1.29 is 0 Å². The molecule has 1 fully saturated rings. The molecule has 1 aliphatic carbocycles. The Morgan fingerprint density at radius 1 is 1.26 bits per heavy atom. The fourth-order valence-corrected chi connectivity index (χ4v) is 2.76. The first-order valence-corrected chi connectivity index (χ1v) is 7.45. The highest BCUT2D eigenvalue weighted by Crippen LogP contribution is 2.38. The van der Waals surface area contributed by atoms with Crippen LogP contribution in [0.2, 0.25) is 0 Å². The second-order valence-corrected chi connectivity index (χ2v) is 5.60. The Balaban J connectivity index is 1.93. The Labute approximate surface area is 115 Å². The fourth-order valence-electron chi connectivity index (χ4n) is 2.76. The van der Waals surface area contributed by atoms with E-state index >= 15 is 0 Å². The third-order valence-electron chi connectivity index (χ3n) is 3.96. The molecule has 2 nitrogen and oxygen atoms in total. The van der Waals surface area contributed by atoms with Crippen LogP contribution in [0.3, 0.4) is 0 Å². The summed E-state index contributed by atoms with van der Waals surface area (Å²) in [6.07, 6.45) is 7.15. The van der Waals surface area contributed by atoms with Crippen LogP contribution in [-0.2, 0) is 0 Å². The van der Waals surface area contributed by atoms with E-state index in [2.05, 4.69) is 41.5 Å². The number of benzene rings is 1. The summed E-state index contributed by atoms with van der Waals surface area (Å²) in [5, 5.41) is 5.03. The molecular formula is C17H22N2. The summed E-state index contributed by atoms with van der Waals surface area (Å²) < 4.78 is 0. The Morgan fingerprint density at radius 2 is 2.16 bits per heavy atom. The quantitative estimate of drug-likeness (QED) is 0.840. The van der Waals surface area contributed by atoms with Gasteiger partial charge in [0.25, 0.3) is 0 Å². The lowest BCUT2D eigenvalue weighted by Crippen LogP contribution is -2.23. The molecule has 2 aromatic rings. The van der Waals surface area contributed by atoms with E-state index in [1.165, 1.54) is 36.6 Å². The summed E-state index contributed by atoms with van der Waals surface area (Å²) in [6.45, 7) is 3.32. The van der Waals surface area contributed by atoms with Gasteiger partial charge < -0.3 is 5.32 Å². The van der Waals surface area contributed by atoms with Crippen molar-refractivity contribution in [1.82, 2.24) is 10.3 Å². The van der Waals surface area contributed by atoms with Crippen LogP contribution in [0.5, 0.6) is 0 Å². The zero-order chi connectivity index (χ0) is 13.1. The lowest BCUT2D eigenvalue weighted by Gasteiger charge is -2.20. The van der Waals surface area contributed by atoms with Crippen LogP contribution < -0.4 is 5.32 Å². The van der Waals surface area contributed by atoms with E-state index < -0.39 is 0 Å². The maximum Gasteiger partial charge on any atom is 0.0705 e. The van der Waals surface area contributed by atoms with Gasteiger partial charge in [-0.2, -0.15) is 0 Å². The average molecular weight is 254 g/mol. The lowest BCUT2D eigenvalue weighted by molar-refractivity contribution is 0.476. The van der Waals surface area contributed by atoms with E-state index in [0.29, 0.717) is 6.04 Å². The summed E-state index contributed by atoms with van der Waals surface area (Å²) in [4.78, 5) is 4.47. The lowest BCUT2D eigenvalue weighted by atomic mass is 9.97. The van der Waals surface area contributed by atoms with Crippen LogP contribution in [0.4, 0.5) is 0 Å². The van der Waals surface area contributed by atoms with Gasteiger partial charge in [-0.15, -0.1) is 0 Å². The van der Waals surface area contributed by atoms with Gasteiger partial charge in [0.1, 0.15) is 0 Å². The SMILES string of the molecule is CCCNC(CC1CC1)c1cccc2ncccc12. The molecule has 1 aliphatic rings. The van der Waals surface area contributed by atoms with Crippen molar-refractivity contribution in [2.24, 2.45) is 5.92 Å². The molecule has 1 heterocycles. The minimum absolute atomic E-state index is 0.486. The molecule has 100 valence electrons. The van der Waals surface area contributed by atoms with Crippen LogP contribution >= 0.6 is 0 Å². The van der Waals surface area contributed by atoms with Crippen LogP contribution in [0.15, 0.2) is 36.5 Å². The Kier molecular flexibility index (Phi) is 3.79. The van der Waals surface area contributed by atoms with E-state index in [9.17, 15) is 0 Å². The third-order valence-corrected chi connectivity index (χ3v) is 3.96. The van der Waals surface area contributed by atoms with Gasteiger partial charge in [0.15, 0.2) is 0 Å². The van der Waals surface area contributed by atoms with Crippen molar-refractivity contribution in [2.45, 2.75) is 38.6 Å². The topological polar surface area (TPSA) is 24.9 Å². The molecule has 0 spiro atoms. The molecule has 2 heteroatoms. The first-order valence-electron chi connectivity index (χ1n) is 7.45. The summed E-state index contributed by atoms with van der Waals surface area (Å²) in [6, 6.07) is 11.2. The molecule has 1 atom stereocenters. The molecule has 1 aromatic carbocycles. The van der Waals surface area contributed by atoms with Crippen molar-refractivity contribution >= 4 is 10.9 Å². The molecule has 1 aromatic heterocycles. The second kappa shape index (κ2) is 5.70. The van der Waals surface area contributed by atoms with E-state index in [-0.39, 0.29) is 0 Å². The Morgan fingerprint density at radius 3 is 2.95 bits per heavy atom. The van der Waals surface area contributed by atoms with Crippen LogP contribution in [-0.4, -0.2) is 11.5 Å². The molecule has 0 amide bonds. The number of hydrogen-bond donors (Lipinski definition) is 1. The molecule has 0 radical (unpaired) electrons. The fraction of sp³-hybridized carbons (Fsp3) is 0.471. The first-order chi connectivity index (χ1) is 9.38. The van der Waals surface area contributed by atoms with Gasteiger partial charge in [0, 0.05) is 17.6 Å². The number of pyridine rings is 1. The number of aromatic nitrogens is 1. The molecule has 1 N–H and O–H groups in total. The van der Waals surface area contributed by atoms with Gasteiger partial charge in [0.05, 0.1) is 5.52 Å². The highest BCUT2D eigenvalue weighted by molar-refractivity contribution is 5.82. The standard InChI is InChI=1S/C17H22N2/c1-2-10-18-17(12-13-8-9-13)15-5-3-7-16-14(15)6-4-11-19-16/h3-7,11,13,17-18H,2,8-10,12H2,1H3. The Bertz CT molecular complexity index is 540. The second-order valence-electron chi connectivity index (χ2n) is 5.60. The summed E-state index contributed by atoms with van der Waals surface area (Å²) >= 11 is 0. The average Bonchev–Trinajstić information content (AvgIpc) is 3.27. The van der Waals surface area contributed by atoms with E-state index in [1.54, 1.807) is 0 Å². The maximum atomic E-state index is 4.47. The number of nitrogens with one attached hydrogen (secondary N) is 1. The number of nitrogens with zero attached hydrogens (tertiary/aromatic N) is 1. The van der Waals surface area contributed by atoms with Gasteiger partial charge in [-0.1, -0.05) is 38.0 Å². The van der Waals surface area contributed by atoms with Crippen molar-refractivity contribution in [3.63, 3.8) is 0 Å². The zero-order valence-corrected chi connectivity index (χ0v) is 11.6. The molecule has 0 saturated heterocycles. The molecule has 3 rings (SSSR count). The summed E-state index contributed by atoms with van der Waals surface area (Å²) in [7, 11) is 0. The van der Waals surface area contributed by atoms with E-state index in [0.717, 1.165) is 18.0 Å². The molecule has 0 bridgehead atoms. The largest absolute Gasteiger partial charge is 0.310 e. The zero-order valence-electron chi connectivity index (χ0n) is 11.6. The van der Waals surface area contributed by atoms with Gasteiger partial charge >= 0.3 is 0 Å². The molecule has 1 unspecified atom stereocenters. The smallest absolute Gasteiger partial charge is 0.0705 e. The van der Waals surface area contributed by atoms with Gasteiger partial charge in [-0.05, 0) is 43.0 Å². The van der Waals surface area contributed by atoms with E-state index in [1.807, 2.05) is 12.3 Å². The predicted molar refractivity (Wildman–Crippen MR) is 80.1 cm³/mol. The van der Waals surface area contributed by atoms with Gasteiger partial charge in [-0.3, -0.25) is 4.98 Å². The van der Waals surface area contributed by atoms with Crippen molar-refractivity contribution in [3.05, 3.63) is 42.1 Å². The van der Waals surface area contributed by atoms with Crippen LogP contribution in [0.1, 0.15) is 44.2 Å². The predicted octanol–water partition coefficient (Wildman–Crippen LogP) is 4.08. The number of fused-ring (bicyclic) bond motifs is 1. The maximum absolute atomic E-state index is 4.47. The first kappa shape index (κ1) is 12.6. The Hall–Kier alpha value is -1.41. The van der Waals surface area contributed by atoms with Gasteiger partial charge in [-0.25, -0.2) is 0 Å². The number of hydrogen-bond acceptors (Lipinski definition) is 2. The highest BCUT2D eigenvalue weighted by Gasteiger charge is 2.26. The highest BCUT2D eigenvalue weighted by atomic mass is 14.9. The third kappa shape index (κ3) is 2.95. The van der Waals surface area contributed by atoms with Crippen molar-refractivity contribution in [2.75, 3.05) is 6.54 Å². The summed E-state index contributed by atoms with van der Waals surface area (Å²) in [5.41, 5.74) is 2.53.